The van der Waals surface area contributed by atoms with Crippen LogP contribution in [0.2, 0.25) is 5.02 Å². The summed E-state index contributed by atoms with van der Waals surface area (Å²) in [4.78, 5) is 4.45. The number of aromatic nitrogens is 2. The first-order valence-corrected chi connectivity index (χ1v) is 6.97. The smallest absolute Gasteiger partial charge is 0.261 e. The van der Waals surface area contributed by atoms with Gasteiger partial charge >= 0.3 is 0 Å². The molecule has 0 atom stereocenters. The zero-order valence-electron chi connectivity index (χ0n) is 11.2. The summed E-state index contributed by atoms with van der Waals surface area (Å²) in [6.45, 7) is 0. The number of hydrogen-bond donors (Lipinski definition) is 1. The number of benzene rings is 1. The maximum Gasteiger partial charge on any atom is 0.261 e. The summed E-state index contributed by atoms with van der Waals surface area (Å²) >= 11 is 5.95. The zero-order chi connectivity index (χ0) is 14.2. The molecule has 0 radical (unpaired) electrons. The summed E-state index contributed by atoms with van der Waals surface area (Å²) in [6, 6.07) is 5.28. The Labute approximate surface area is 122 Å². The van der Waals surface area contributed by atoms with Crippen LogP contribution in [-0.2, 0) is 5.54 Å². The van der Waals surface area contributed by atoms with Gasteiger partial charge in [0.15, 0.2) is 5.82 Å². The quantitative estimate of drug-likeness (QED) is 0.941. The molecule has 0 saturated heterocycles. The number of halogens is 1. The molecule has 2 N–H and O–H groups in total. The number of rotatable bonds is 3. The molecule has 0 bridgehead atoms. The second kappa shape index (κ2) is 5.07. The summed E-state index contributed by atoms with van der Waals surface area (Å²) in [7, 11) is 1.58. The number of hydrogen-bond acceptors (Lipinski definition) is 5. The Balaban J connectivity index is 1.98. The van der Waals surface area contributed by atoms with E-state index in [4.69, 9.17) is 26.6 Å². The van der Waals surface area contributed by atoms with Crippen LogP contribution in [0.5, 0.6) is 5.75 Å². The Morgan fingerprint density at radius 1 is 1.35 bits per heavy atom. The fourth-order valence-electron chi connectivity index (χ4n) is 2.61. The number of methoxy groups -OCH3 is 1. The van der Waals surface area contributed by atoms with Crippen LogP contribution in [-0.4, -0.2) is 17.3 Å². The highest BCUT2D eigenvalue weighted by molar-refractivity contribution is 6.30. The topological polar surface area (TPSA) is 74.2 Å². The Kier molecular flexibility index (Phi) is 3.40. The highest BCUT2D eigenvalue weighted by Crippen LogP contribution is 2.37. The van der Waals surface area contributed by atoms with Gasteiger partial charge in [-0.25, -0.2) is 0 Å². The van der Waals surface area contributed by atoms with Gasteiger partial charge < -0.3 is 15.0 Å². The fourth-order valence-corrected chi connectivity index (χ4v) is 2.77. The third kappa shape index (κ3) is 2.27. The molecular formula is C14H16ClN3O2. The van der Waals surface area contributed by atoms with Crippen molar-refractivity contribution in [2.24, 2.45) is 5.73 Å². The molecule has 1 aliphatic rings. The zero-order valence-corrected chi connectivity index (χ0v) is 12.0. The Morgan fingerprint density at radius 3 is 2.80 bits per heavy atom. The average molecular weight is 294 g/mol. The molecule has 0 amide bonds. The van der Waals surface area contributed by atoms with E-state index in [1.54, 1.807) is 25.3 Å². The van der Waals surface area contributed by atoms with Gasteiger partial charge in [0, 0.05) is 5.02 Å². The van der Waals surface area contributed by atoms with Crippen molar-refractivity contribution in [3.8, 4) is 17.2 Å². The van der Waals surface area contributed by atoms with Crippen LogP contribution in [0.1, 0.15) is 31.5 Å². The molecule has 0 unspecified atom stereocenters. The molecule has 1 heterocycles. The van der Waals surface area contributed by atoms with Crippen molar-refractivity contribution in [1.82, 2.24) is 10.1 Å². The monoisotopic (exact) mass is 293 g/mol. The summed E-state index contributed by atoms with van der Waals surface area (Å²) in [5.41, 5.74) is 6.59. The van der Waals surface area contributed by atoms with Crippen LogP contribution in [0, 0.1) is 0 Å². The van der Waals surface area contributed by atoms with Crippen molar-refractivity contribution < 1.29 is 9.26 Å². The van der Waals surface area contributed by atoms with E-state index in [0.717, 1.165) is 31.2 Å². The minimum absolute atomic E-state index is 0.408. The van der Waals surface area contributed by atoms with E-state index in [-0.39, 0.29) is 0 Å². The minimum Gasteiger partial charge on any atom is -0.496 e. The van der Waals surface area contributed by atoms with E-state index in [2.05, 4.69) is 10.1 Å². The molecule has 6 heteroatoms. The van der Waals surface area contributed by atoms with Gasteiger partial charge in [0.25, 0.3) is 5.89 Å². The van der Waals surface area contributed by atoms with Gasteiger partial charge in [-0.05, 0) is 31.0 Å². The average Bonchev–Trinajstić information content (AvgIpc) is 3.08. The van der Waals surface area contributed by atoms with Crippen LogP contribution in [0.25, 0.3) is 11.5 Å². The summed E-state index contributed by atoms with van der Waals surface area (Å²) < 4.78 is 10.6. The van der Waals surface area contributed by atoms with Gasteiger partial charge in [-0.3, -0.25) is 0 Å². The van der Waals surface area contributed by atoms with Gasteiger partial charge in [0.05, 0.1) is 18.2 Å². The van der Waals surface area contributed by atoms with Crippen molar-refractivity contribution in [2.45, 2.75) is 31.2 Å². The third-order valence-corrected chi connectivity index (χ3v) is 4.00. The van der Waals surface area contributed by atoms with E-state index >= 15 is 0 Å². The van der Waals surface area contributed by atoms with Crippen LogP contribution < -0.4 is 10.5 Å². The van der Waals surface area contributed by atoms with Gasteiger partial charge in [0.2, 0.25) is 0 Å². The second-order valence-electron chi connectivity index (χ2n) is 5.13. The van der Waals surface area contributed by atoms with E-state index in [1.807, 2.05) is 0 Å². The highest BCUT2D eigenvalue weighted by atomic mass is 35.5. The SMILES string of the molecule is COc1cc(Cl)ccc1-c1nc(C2(N)CCCC2)no1. The molecule has 1 saturated carbocycles. The Hall–Kier alpha value is -1.59. The molecule has 0 aliphatic heterocycles. The molecule has 5 nitrogen and oxygen atoms in total. The van der Waals surface area contributed by atoms with Crippen LogP contribution >= 0.6 is 11.6 Å². The van der Waals surface area contributed by atoms with Crippen molar-refractivity contribution in [3.63, 3.8) is 0 Å². The largest absolute Gasteiger partial charge is 0.496 e. The van der Waals surface area contributed by atoms with Crippen molar-refractivity contribution >= 4 is 11.6 Å². The lowest BCUT2D eigenvalue weighted by Gasteiger charge is -2.17. The molecule has 1 aromatic heterocycles. The van der Waals surface area contributed by atoms with E-state index in [9.17, 15) is 0 Å². The maximum atomic E-state index is 6.33. The van der Waals surface area contributed by atoms with Crippen LogP contribution in [0.3, 0.4) is 0 Å². The molecule has 20 heavy (non-hydrogen) atoms. The number of ether oxygens (including phenoxy) is 1. The molecular weight excluding hydrogens is 278 g/mol. The van der Waals surface area contributed by atoms with Crippen LogP contribution in [0.15, 0.2) is 22.7 Å². The fraction of sp³-hybridized carbons (Fsp3) is 0.429. The summed E-state index contributed by atoms with van der Waals surface area (Å²) in [6.07, 6.45) is 3.99. The van der Waals surface area contributed by atoms with Gasteiger partial charge in [-0.1, -0.05) is 29.6 Å². The third-order valence-electron chi connectivity index (χ3n) is 3.76. The first-order valence-electron chi connectivity index (χ1n) is 6.59. The molecule has 1 aliphatic carbocycles. The predicted octanol–water partition coefficient (Wildman–Crippen LogP) is 3.13. The number of nitrogens with zero attached hydrogens (tertiary/aromatic N) is 2. The minimum atomic E-state index is -0.457. The second-order valence-corrected chi connectivity index (χ2v) is 5.57. The van der Waals surface area contributed by atoms with Gasteiger partial charge in [0.1, 0.15) is 5.75 Å². The lowest BCUT2D eigenvalue weighted by molar-refractivity contribution is 0.370. The standard InChI is InChI=1S/C14H16ClN3O2/c1-19-11-8-9(15)4-5-10(11)12-17-13(18-20-12)14(16)6-2-3-7-14/h4-5,8H,2-3,6-7,16H2,1H3. The van der Waals surface area contributed by atoms with Crippen molar-refractivity contribution in [3.05, 3.63) is 29.0 Å². The summed E-state index contributed by atoms with van der Waals surface area (Å²) in [5, 5.41) is 4.64. The lowest BCUT2D eigenvalue weighted by Crippen LogP contribution is -2.34. The molecule has 1 aromatic carbocycles. The summed E-state index contributed by atoms with van der Waals surface area (Å²) in [5.74, 6) is 1.58. The predicted molar refractivity (Wildman–Crippen MR) is 75.6 cm³/mol. The molecule has 3 rings (SSSR count). The Bertz CT molecular complexity index is 621. The van der Waals surface area contributed by atoms with Crippen molar-refractivity contribution in [1.29, 1.82) is 0 Å². The van der Waals surface area contributed by atoms with Crippen LogP contribution in [0.4, 0.5) is 0 Å². The number of nitrogens with two attached hydrogens (primary N) is 1. The van der Waals surface area contributed by atoms with E-state index in [1.165, 1.54) is 0 Å². The van der Waals surface area contributed by atoms with E-state index in [0.29, 0.717) is 22.5 Å². The van der Waals surface area contributed by atoms with Gasteiger partial charge in [-0.2, -0.15) is 4.98 Å². The highest BCUT2D eigenvalue weighted by Gasteiger charge is 2.36. The van der Waals surface area contributed by atoms with E-state index < -0.39 is 5.54 Å². The lowest BCUT2D eigenvalue weighted by atomic mass is 9.99. The van der Waals surface area contributed by atoms with Crippen molar-refractivity contribution in [2.75, 3.05) is 7.11 Å². The molecule has 0 spiro atoms. The van der Waals surface area contributed by atoms with Gasteiger partial charge in [-0.15, -0.1) is 0 Å². The molecule has 106 valence electrons. The molecule has 1 fully saturated rings. The Morgan fingerprint density at radius 2 is 2.10 bits per heavy atom. The first kappa shape index (κ1) is 13.4. The maximum absolute atomic E-state index is 6.33. The normalized spacial score (nSPS) is 17.4. The first-order chi connectivity index (χ1) is 9.62. The molecule has 2 aromatic rings.